The molecule has 1 amide bonds. The Morgan fingerprint density at radius 1 is 1.17 bits per heavy atom. The van der Waals surface area contributed by atoms with E-state index in [1.165, 1.54) is 13.0 Å². The standard InChI is InChI=1S/C18H25F3N2O/c1-12(9-14(3)19)8-13(2)17(24)22-15-4-6-16(7-5-15)23-10-18(20,21)11-23/h8-9,15-16H,1,4-7,10-11H2,2-3H3,(H,22,24)/b13-8+,14-9+/t15-,16-. The summed E-state index contributed by atoms with van der Waals surface area (Å²) in [6.45, 7) is 6.39. The Balaban J connectivity index is 1.77. The summed E-state index contributed by atoms with van der Waals surface area (Å²) in [5.74, 6) is -3.08. The second kappa shape index (κ2) is 7.55. The Morgan fingerprint density at radius 3 is 2.25 bits per heavy atom. The van der Waals surface area contributed by atoms with Gasteiger partial charge in [-0.3, -0.25) is 9.69 Å². The van der Waals surface area contributed by atoms with E-state index in [-0.39, 0.29) is 36.9 Å². The Labute approximate surface area is 141 Å². The average molecular weight is 342 g/mol. The van der Waals surface area contributed by atoms with Crippen LogP contribution in [0.3, 0.4) is 0 Å². The molecule has 2 fully saturated rings. The van der Waals surface area contributed by atoms with Crippen molar-refractivity contribution in [2.24, 2.45) is 0 Å². The lowest BCUT2D eigenvalue weighted by Gasteiger charge is -2.46. The number of nitrogens with one attached hydrogen (secondary N) is 1. The fraction of sp³-hybridized carbons (Fsp3) is 0.611. The number of carbonyl (C=O) groups is 1. The Hall–Kier alpha value is -1.56. The van der Waals surface area contributed by atoms with Crippen LogP contribution in [0.1, 0.15) is 39.5 Å². The molecule has 0 spiro atoms. The van der Waals surface area contributed by atoms with Gasteiger partial charge in [0.2, 0.25) is 5.91 Å². The maximum Gasteiger partial charge on any atom is 0.272 e. The molecular weight excluding hydrogens is 317 g/mol. The summed E-state index contributed by atoms with van der Waals surface area (Å²) in [7, 11) is 0. The van der Waals surface area contributed by atoms with Crippen molar-refractivity contribution in [1.82, 2.24) is 10.2 Å². The molecule has 0 aromatic rings. The fourth-order valence-corrected chi connectivity index (χ4v) is 3.33. The number of amides is 1. The number of alkyl halides is 2. The summed E-state index contributed by atoms with van der Waals surface area (Å²) >= 11 is 0. The van der Waals surface area contributed by atoms with Crippen LogP contribution in [0.4, 0.5) is 13.2 Å². The van der Waals surface area contributed by atoms with Gasteiger partial charge in [0.25, 0.3) is 5.92 Å². The zero-order valence-corrected chi connectivity index (χ0v) is 14.2. The first-order valence-electron chi connectivity index (χ1n) is 8.30. The van der Waals surface area contributed by atoms with Gasteiger partial charge in [-0.15, -0.1) is 0 Å². The molecular formula is C18H25F3N2O. The topological polar surface area (TPSA) is 32.3 Å². The number of likely N-dealkylation sites (tertiary alicyclic amines) is 1. The van der Waals surface area contributed by atoms with E-state index in [9.17, 15) is 18.0 Å². The summed E-state index contributed by atoms with van der Waals surface area (Å²) in [5, 5.41) is 2.96. The lowest BCUT2D eigenvalue weighted by Crippen LogP contribution is -2.60. The van der Waals surface area contributed by atoms with Gasteiger partial charge in [0.05, 0.1) is 18.9 Å². The molecule has 24 heavy (non-hydrogen) atoms. The van der Waals surface area contributed by atoms with Gasteiger partial charge in [-0.25, -0.2) is 13.2 Å². The molecule has 0 radical (unpaired) electrons. The highest BCUT2D eigenvalue weighted by atomic mass is 19.3. The van der Waals surface area contributed by atoms with E-state index in [4.69, 9.17) is 0 Å². The lowest BCUT2D eigenvalue weighted by atomic mass is 9.88. The third kappa shape index (κ3) is 5.23. The highest BCUT2D eigenvalue weighted by Crippen LogP contribution is 2.33. The summed E-state index contributed by atoms with van der Waals surface area (Å²) in [4.78, 5) is 14.0. The monoisotopic (exact) mass is 342 g/mol. The molecule has 1 saturated carbocycles. The first-order chi connectivity index (χ1) is 11.2. The van der Waals surface area contributed by atoms with Crippen molar-refractivity contribution < 1.29 is 18.0 Å². The third-order valence-corrected chi connectivity index (χ3v) is 4.56. The van der Waals surface area contributed by atoms with Gasteiger partial charge in [-0.1, -0.05) is 6.58 Å². The molecule has 134 valence electrons. The van der Waals surface area contributed by atoms with Crippen molar-refractivity contribution in [2.75, 3.05) is 13.1 Å². The van der Waals surface area contributed by atoms with Crippen molar-refractivity contribution in [2.45, 2.75) is 57.5 Å². The van der Waals surface area contributed by atoms with Crippen molar-refractivity contribution in [3.8, 4) is 0 Å². The Kier molecular flexibility index (Phi) is 5.91. The lowest BCUT2D eigenvalue weighted by molar-refractivity contribution is -0.150. The molecule has 2 rings (SSSR count). The summed E-state index contributed by atoms with van der Waals surface area (Å²) in [6, 6.07) is 0.262. The predicted octanol–water partition coefficient (Wildman–Crippen LogP) is 3.74. The van der Waals surface area contributed by atoms with Crippen LogP contribution in [0.5, 0.6) is 0 Å². The van der Waals surface area contributed by atoms with E-state index in [1.54, 1.807) is 13.0 Å². The third-order valence-electron chi connectivity index (χ3n) is 4.56. The normalized spacial score (nSPS) is 28.2. The van der Waals surface area contributed by atoms with Gasteiger partial charge in [0.1, 0.15) is 0 Å². The summed E-state index contributed by atoms with van der Waals surface area (Å²) in [5.41, 5.74) is 0.909. The molecule has 2 aliphatic rings. The minimum atomic E-state index is -2.53. The first kappa shape index (κ1) is 18.8. The van der Waals surface area contributed by atoms with Crippen LogP contribution in [0.2, 0.25) is 0 Å². The van der Waals surface area contributed by atoms with E-state index in [0.717, 1.165) is 25.7 Å². The van der Waals surface area contributed by atoms with Crippen molar-refractivity contribution >= 4 is 5.91 Å². The zero-order chi connectivity index (χ0) is 17.9. The van der Waals surface area contributed by atoms with Crippen LogP contribution in [-0.2, 0) is 4.79 Å². The summed E-state index contributed by atoms with van der Waals surface area (Å²) in [6.07, 6.45) is 6.03. The number of nitrogens with zero attached hydrogens (tertiary/aromatic N) is 1. The molecule has 0 bridgehead atoms. The molecule has 1 aliphatic heterocycles. The van der Waals surface area contributed by atoms with Crippen LogP contribution in [0.15, 0.2) is 35.7 Å². The van der Waals surface area contributed by atoms with E-state index >= 15 is 0 Å². The molecule has 0 aromatic carbocycles. The molecule has 0 aromatic heterocycles. The van der Waals surface area contributed by atoms with Crippen molar-refractivity contribution in [3.63, 3.8) is 0 Å². The minimum Gasteiger partial charge on any atom is -0.350 e. The van der Waals surface area contributed by atoms with Crippen molar-refractivity contribution in [1.29, 1.82) is 0 Å². The molecule has 1 N–H and O–H groups in total. The number of hydrogen-bond donors (Lipinski definition) is 1. The number of rotatable bonds is 5. The smallest absolute Gasteiger partial charge is 0.272 e. The Bertz CT molecular complexity index is 549. The van der Waals surface area contributed by atoms with E-state index in [1.807, 2.05) is 4.90 Å². The van der Waals surface area contributed by atoms with Gasteiger partial charge in [-0.05, 0) is 57.3 Å². The van der Waals surface area contributed by atoms with Crippen LogP contribution >= 0.6 is 0 Å². The predicted molar refractivity (Wildman–Crippen MR) is 88.5 cm³/mol. The number of hydrogen-bond acceptors (Lipinski definition) is 2. The largest absolute Gasteiger partial charge is 0.350 e. The molecule has 6 heteroatoms. The van der Waals surface area contributed by atoms with Crippen LogP contribution < -0.4 is 5.32 Å². The molecule has 0 unspecified atom stereocenters. The first-order valence-corrected chi connectivity index (χ1v) is 8.30. The zero-order valence-electron chi connectivity index (χ0n) is 14.2. The van der Waals surface area contributed by atoms with Gasteiger partial charge in [-0.2, -0.15) is 0 Å². The number of carbonyl (C=O) groups excluding carboxylic acids is 1. The van der Waals surface area contributed by atoms with Gasteiger partial charge in [0.15, 0.2) is 0 Å². The molecule has 3 nitrogen and oxygen atoms in total. The molecule has 0 atom stereocenters. The van der Waals surface area contributed by atoms with Crippen LogP contribution in [-0.4, -0.2) is 41.9 Å². The Morgan fingerprint density at radius 2 is 1.75 bits per heavy atom. The van der Waals surface area contributed by atoms with Crippen molar-refractivity contribution in [3.05, 3.63) is 35.7 Å². The molecule has 1 saturated heterocycles. The van der Waals surface area contributed by atoms with E-state index in [2.05, 4.69) is 11.9 Å². The highest BCUT2D eigenvalue weighted by molar-refractivity contribution is 5.93. The number of allylic oxidation sites excluding steroid dienone is 4. The minimum absolute atomic E-state index is 0.0607. The molecule has 1 heterocycles. The maximum absolute atomic E-state index is 12.9. The SMILES string of the molecule is C=C(/C=C(\C)F)/C=C(\C)C(=O)N[C@H]1CC[C@H](N2CC(F)(F)C2)CC1. The molecule has 1 aliphatic carbocycles. The van der Waals surface area contributed by atoms with Crippen LogP contribution in [0, 0.1) is 0 Å². The second-order valence-corrected chi connectivity index (χ2v) is 6.87. The van der Waals surface area contributed by atoms with E-state index < -0.39 is 5.92 Å². The second-order valence-electron chi connectivity index (χ2n) is 6.87. The number of halogens is 3. The van der Waals surface area contributed by atoms with E-state index in [0.29, 0.717) is 11.1 Å². The average Bonchev–Trinajstić information content (AvgIpc) is 2.44. The maximum atomic E-state index is 12.9. The fourth-order valence-electron chi connectivity index (χ4n) is 3.33. The van der Waals surface area contributed by atoms with Gasteiger partial charge < -0.3 is 5.32 Å². The summed E-state index contributed by atoms with van der Waals surface area (Å²) < 4.78 is 38.6. The van der Waals surface area contributed by atoms with Gasteiger partial charge >= 0.3 is 0 Å². The highest BCUT2D eigenvalue weighted by Gasteiger charge is 2.46. The van der Waals surface area contributed by atoms with Crippen LogP contribution in [0.25, 0.3) is 0 Å². The van der Waals surface area contributed by atoms with Gasteiger partial charge in [0, 0.05) is 17.7 Å². The quantitative estimate of drug-likeness (QED) is 0.610.